The number of hydrogen-bond donors (Lipinski definition) is 1. The van der Waals surface area contributed by atoms with E-state index in [1.807, 2.05) is 18.3 Å². The summed E-state index contributed by atoms with van der Waals surface area (Å²) in [5, 5.41) is 3.50. The Balaban J connectivity index is 0.00000240. The van der Waals surface area contributed by atoms with Crippen LogP contribution in [-0.2, 0) is 6.54 Å². The van der Waals surface area contributed by atoms with Gasteiger partial charge >= 0.3 is 0 Å². The number of aromatic nitrogens is 1. The molecule has 0 aliphatic carbocycles. The molecule has 2 aliphatic heterocycles. The van der Waals surface area contributed by atoms with E-state index in [9.17, 15) is 0 Å². The number of rotatable bonds is 5. The number of aliphatic imine (C=N–C) groups is 1. The van der Waals surface area contributed by atoms with E-state index in [2.05, 4.69) is 57.4 Å². The quantitative estimate of drug-likeness (QED) is 0.379. The van der Waals surface area contributed by atoms with E-state index in [1.54, 1.807) is 0 Å². The van der Waals surface area contributed by atoms with Crippen molar-refractivity contribution in [3.8, 4) is 11.3 Å². The molecule has 2 aromatic rings. The number of likely N-dealkylation sites (tertiary alicyclic amines) is 2. The lowest BCUT2D eigenvalue weighted by Crippen LogP contribution is -2.42. The largest absolute Gasteiger partial charge is 0.357 e. The zero-order valence-corrected chi connectivity index (χ0v) is 19.6. The van der Waals surface area contributed by atoms with Crippen LogP contribution in [0.5, 0.6) is 0 Å². The van der Waals surface area contributed by atoms with Crippen molar-refractivity contribution in [3.63, 3.8) is 0 Å². The zero-order chi connectivity index (χ0) is 19.2. The topological polar surface area (TPSA) is 43.8 Å². The van der Waals surface area contributed by atoms with Gasteiger partial charge in [0, 0.05) is 37.4 Å². The monoisotopic (exact) mass is 505 g/mol. The maximum absolute atomic E-state index is 4.95. The molecule has 5 nitrogen and oxygen atoms in total. The van der Waals surface area contributed by atoms with E-state index in [0.717, 1.165) is 36.9 Å². The fraction of sp³-hybridized carbons (Fsp3) is 0.478. The van der Waals surface area contributed by atoms with Crippen LogP contribution in [0, 0.1) is 0 Å². The highest BCUT2D eigenvalue weighted by Crippen LogP contribution is 2.21. The molecule has 2 saturated heterocycles. The van der Waals surface area contributed by atoms with Gasteiger partial charge in [0.05, 0.1) is 12.2 Å². The molecule has 1 N–H and O–H groups in total. The Morgan fingerprint density at radius 1 is 1.14 bits per heavy atom. The van der Waals surface area contributed by atoms with Crippen LogP contribution in [0.1, 0.15) is 31.7 Å². The van der Waals surface area contributed by atoms with Crippen molar-refractivity contribution in [2.45, 2.75) is 38.8 Å². The molecule has 0 radical (unpaired) electrons. The zero-order valence-electron chi connectivity index (χ0n) is 17.3. The molecule has 2 fully saturated rings. The van der Waals surface area contributed by atoms with Crippen LogP contribution >= 0.6 is 24.0 Å². The summed E-state index contributed by atoms with van der Waals surface area (Å²) < 4.78 is 0. The molecule has 156 valence electrons. The fourth-order valence-electron chi connectivity index (χ4n) is 4.29. The molecule has 1 unspecified atom stereocenters. The van der Waals surface area contributed by atoms with Gasteiger partial charge in [0.15, 0.2) is 5.96 Å². The van der Waals surface area contributed by atoms with E-state index in [1.165, 1.54) is 37.9 Å². The molecular formula is C23H32IN5. The van der Waals surface area contributed by atoms with Crippen molar-refractivity contribution in [2.24, 2.45) is 4.99 Å². The second-order valence-corrected chi connectivity index (χ2v) is 7.72. The van der Waals surface area contributed by atoms with Crippen molar-refractivity contribution in [2.75, 3.05) is 32.7 Å². The molecule has 0 saturated carbocycles. The molecule has 29 heavy (non-hydrogen) atoms. The summed E-state index contributed by atoms with van der Waals surface area (Å²) in [7, 11) is 0. The number of guanidine groups is 1. The number of pyridine rings is 1. The summed E-state index contributed by atoms with van der Waals surface area (Å²) in [6.07, 6.45) is 5.81. The molecule has 3 heterocycles. The third-order valence-electron chi connectivity index (χ3n) is 5.75. The third kappa shape index (κ3) is 5.69. The summed E-state index contributed by atoms with van der Waals surface area (Å²) in [4.78, 5) is 14.5. The van der Waals surface area contributed by atoms with Crippen LogP contribution in [0.15, 0.2) is 53.7 Å². The summed E-state index contributed by atoms with van der Waals surface area (Å²) in [6.45, 7) is 8.47. The molecule has 6 heteroatoms. The van der Waals surface area contributed by atoms with Crippen molar-refractivity contribution in [3.05, 3.63) is 54.2 Å². The second kappa shape index (κ2) is 10.9. The molecule has 0 amide bonds. The van der Waals surface area contributed by atoms with E-state index in [0.29, 0.717) is 12.6 Å². The first-order valence-corrected chi connectivity index (χ1v) is 10.6. The number of nitrogens with zero attached hydrogens (tertiary/aromatic N) is 4. The molecule has 0 spiro atoms. The predicted molar refractivity (Wildman–Crippen MR) is 131 cm³/mol. The normalized spacial score (nSPS) is 20.0. The minimum atomic E-state index is 0. The van der Waals surface area contributed by atoms with Crippen LogP contribution in [0.3, 0.4) is 0 Å². The molecule has 1 atom stereocenters. The summed E-state index contributed by atoms with van der Waals surface area (Å²) in [6, 6.07) is 15.3. The summed E-state index contributed by atoms with van der Waals surface area (Å²) in [5.74, 6) is 1.05. The van der Waals surface area contributed by atoms with Gasteiger partial charge in [-0.05, 0) is 63.0 Å². The van der Waals surface area contributed by atoms with Gasteiger partial charge in [-0.3, -0.25) is 9.88 Å². The lowest BCUT2D eigenvalue weighted by Gasteiger charge is -2.25. The first kappa shape index (κ1) is 22.0. The summed E-state index contributed by atoms with van der Waals surface area (Å²) >= 11 is 0. The minimum Gasteiger partial charge on any atom is -0.357 e. The standard InChI is InChI=1S/C23H31N5.HI/c1-2-24-23(28-15-11-21(18-28)27-13-5-6-14-27)26-17-19-8-7-9-20(16-19)22-10-3-4-12-25-22;/h3-4,7-10,12,16,21H,2,5-6,11,13-15,17-18H2,1H3,(H,24,26);1H. The maximum Gasteiger partial charge on any atom is 0.194 e. The van der Waals surface area contributed by atoms with E-state index >= 15 is 0 Å². The number of nitrogens with one attached hydrogen (secondary N) is 1. The van der Waals surface area contributed by atoms with Gasteiger partial charge < -0.3 is 10.2 Å². The number of halogens is 1. The Hall–Kier alpha value is -1.67. The van der Waals surface area contributed by atoms with Gasteiger partial charge in [0.1, 0.15) is 0 Å². The van der Waals surface area contributed by atoms with E-state index < -0.39 is 0 Å². The van der Waals surface area contributed by atoms with Crippen LogP contribution in [0.4, 0.5) is 0 Å². The first-order chi connectivity index (χ1) is 13.8. The Morgan fingerprint density at radius 2 is 2.00 bits per heavy atom. The van der Waals surface area contributed by atoms with Crippen molar-refractivity contribution < 1.29 is 0 Å². The van der Waals surface area contributed by atoms with E-state index in [4.69, 9.17) is 4.99 Å². The third-order valence-corrected chi connectivity index (χ3v) is 5.75. The van der Waals surface area contributed by atoms with Gasteiger partial charge in [-0.2, -0.15) is 0 Å². The van der Waals surface area contributed by atoms with Gasteiger partial charge in [0.25, 0.3) is 0 Å². The van der Waals surface area contributed by atoms with E-state index in [-0.39, 0.29) is 24.0 Å². The Kier molecular flexibility index (Phi) is 8.29. The molecule has 0 bridgehead atoms. The lowest BCUT2D eigenvalue weighted by molar-refractivity contribution is 0.249. The first-order valence-electron chi connectivity index (χ1n) is 10.6. The SMILES string of the molecule is CCNC(=NCc1cccc(-c2ccccn2)c1)N1CCC(N2CCCC2)C1.I. The van der Waals surface area contributed by atoms with Gasteiger partial charge in [-0.1, -0.05) is 24.3 Å². The smallest absolute Gasteiger partial charge is 0.194 e. The second-order valence-electron chi connectivity index (χ2n) is 7.72. The molecule has 2 aliphatic rings. The van der Waals surface area contributed by atoms with Crippen LogP contribution in [0.2, 0.25) is 0 Å². The minimum absolute atomic E-state index is 0. The number of hydrogen-bond acceptors (Lipinski definition) is 3. The van der Waals surface area contributed by atoms with Gasteiger partial charge in [0.2, 0.25) is 0 Å². The van der Waals surface area contributed by atoms with Gasteiger partial charge in [-0.15, -0.1) is 24.0 Å². The summed E-state index contributed by atoms with van der Waals surface area (Å²) in [5.41, 5.74) is 3.37. The maximum atomic E-state index is 4.95. The van der Waals surface area contributed by atoms with Crippen LogP contribution < -0.4 is 5.32 Å². The molecule has 1 aromatic heterocycles. The highest BCUT2D eigenvalue weighted by atomic mass is 127. The van der Waals surface area contributed by atoms with Crippen LogP contribution in [-0.4, -0.2) is 59.5 Å². The highest BCUT2D eigenvalue weighted by molar-refractivity contribution is 14.0. The van der Waals surface area contributed by atoms with Crippen molar-refractivity contribution in [1.82, 2.24) is 20.1 Å². The Labute approximate surface area is 191 Å². The predicted octanol–water partition coefficient (Wildman–Crippen LogP) is 4.00. The van der Waals surface area contributed by atoms with Crippen LogP contribution in [0.25, 0.3) is 11.3 Å². The number of benzene rings is 1. The highest BCUT2D eigenvalue weighted by Gasteiger charge is 2.30. The molecular weight excluding hydrogens is 473 g/mol. The molecule has 1 aromatic carbocycles. The average molecular weight is 505 g/mol. The molecule has 4 rings (SSSR count). The average Bonchev–Trinajstić information content (AvgIpc) is 3.44. The lowest BCUT2D eigenvalue weighted by atomic mass is 10.1. The fourth-order valence-corrected chi connectivity index (χ4v) is 4.29. The van der Waals surface area contributed by atoms with Crippen molar-refractivity contribution in [1.29, 1.82) is 0 Å². The Bertz CT molecular complexity index is 789. The van der Waals surface area contributed by atoms with Gasteiger partial charge in [-0.25, -0.2) is 4.99 Å². The van der Waals surface area contributed by atoms with Crippen molar-refractivity contribution >= 4 is 29.9 Å². The Morgan fingerprint density at radius 3 is 2.76 bits per heavy atom.